The summed E-state index contributed by atoms with van der Waals surface area (Å²) in [5, 5.41) is 14.3. The minimum absolute atomic E-state index is 0.177. The van der Waals surface area contributed by atoms with Gasteiger partial charge in [-0.1, -0.05) is 61.5 Å². The van der Waals surface area contributed by atoms with Crippen LogP contribution in [0.3, 0.4) is 0 Å². The van der Waals surface area contributed by atoms with E-state index in [2.05, 4.69) is 5.32 Å². The zero-order valence-corrected chi connectivity index (χ0v) is 22.7. The summed E-state index contributed by atoms with van der Waals surface area (Å²) in [5.74, 6) is -0.493. The molecule has 208 valence electrons. The van der Waals surface area contributed by atoms with Gasteiger partial charge in [0.25, 0.3) is 5.91 Å². The number of methoxy groups -OCH3 is 1. The quantitative estimate of drug-likeness (QED) is 0.217. The molecule has 0 spiro atoms. The van der Waals surface area contributed by atoms with Crippen molar-refractivity contribution in [3.63, 3.8) is 0 Å². The third-order valence-corrected chi connectivity index (χ3v) is 6.07. The number of nitrogens with one attached hydrogen (secondary N) is 1. The molecule has 0 fully saturated rings. The Morgan fingerprint density at radius 1 is 0.923 bits per heavy atom. The Kier molecular flexibility index (Phi) is 11.5. The predicted molar refractivity (Wildman–Crippen MR) is 147 cm³/mol. The molecule has 1 amide bonds. The Morgan fingerprint density at radius 2 is 1.64 bits per heavy atom. The van der Waals surface area contributed by atoms with Gasteiger partial charge in [0.2, 0.25) is 5.60 Å². The van der Waals surface area contributed by atoms with Gasteiger partial charge in [-0.2, -0.15) is 0 Å². The number of rotatable bonds is 15. The van der Waals surface area contributed by atoms with Crippen LogP contribution in [0.2, 0.25) is 0 Å². The maximum atomic E-state index is 12.6. The molecule has 0 aromatic heterocycles. The van der Waals surface area contributed by atoms with Crippen LogP contribution in [0.5, 0.6) is 5.75 Å². The second-order valence-corrected chi connectivity index (χ2v) is 8.88. The van der Waals surface area contributed by atoms with E-state index < -0.39 is 11.6 Å². The molecule has 0 aliphatic carbocycles. The molecule has 39 heavy (non-hydrogen) atoms. The summed E-state index contributed by atoms with van der Waals surface area (Å²) in [4.78, 5) is 25.2. The molecule has 8 heteroatoms. The largest absolute Gasteiger partial charge is 0.489 e. The SMILES string of the molecule is CCCOC(CCNC(=O)c1ccc(COc2cccc(C(O)(C(=O)OC)c3ccccc3)c2)cc1)OCC. The number of ether oxygens (including phenoxy) is 4. The number of carbonyl (C=O) groups is 2. The van der Waals surface area contributed by atoms with Gasteiger partial charge in [-0.05, 0) is 48.7 Å². The number of hydrogen-bond donors (Lipinski definition) is 2. The molecule has 3 rings (SSSR count). The van der Waals surface area contributed by atoms with Crippen LogP contribution < -0.4 is 10.1 Å². The minimum atomic E-state index is -1.98. The van der Waals surface area contributed by atoms with Crippen LogP contribution in [0.4, 0.5) is 0 Å². The van der Waals surface area contributed by atoms with Crippen LogP contribution in [-0.4, -0.2) is 50.1 Å². The van der Waals surface area contributed by atoms with Crippen LogP contribution in [0, 0.1) is 0 Å². The number of benzene rings is 3. The highest BCUT2D eigenvalue weighted by Crippen LogP contribution is 2.33. The molecule has 0 saturated heterocycles. The van der Waals surface area contributed by atoms with E-state index >= 15 is 0 Å². The van der Waals surface area contributed by atoms with Crippen LogP contribution >= 0.6 is 0 Å². The van der Waals surface area contributed by atoms with Gasteiger partial charge in [-0.15, -0.1) is 0 Å². The van der Waals surface area contributed by atoms with Gasteiger partial charge in [0.15, 0.2) is 6.29 Å². The molecule has 8 nitrogen and oxygen atoms in total. The lowest BCUT2D eigenvalue weighted by Crippen LogP contribution is -2.38. The molecule has 0 heterocycles. The smallest absolute Gasteiger partial charge is 0.347 e. The Balaban J connectivity index is 1.59. The molecule has 0 aliphatic rings. The number of carbonyl (C=O) groups excluding carboxylic acids is 2. The summed E-state index contributed by atoms with van der Waals surface area (Å²) in [7, 11) is 1.24. The van der Waals surface area contributed by atoms with Crippen molar-refractivity contribution < 1.29 is 33.6 Å². The molecule has 2 unspecified atom stereocenters. The van der Waals surface area contributed by atoms with E-state index in [1.165, 1.54) is 7.11 Å². The Morgan fingerprint density at radius 3 is 2.31 bits per heavy atom. The summed E-state index contributed by atoms with van der Waals surface area (Å²) in [5.41, 5.74) is 0.137. The van der Waals surface area contributed by atoms with Crippen LogP contribution in [0.1, 0.15) is 53.7 Å². The zero-order valence-electron chi connectivity index (χ0n) is 22.7. The Labute approximate surface area is 229 Å². The molecular formula is C31H37NO7. The second kappa shape index (κ2) is 15.0. The topological polar surface area (TPSA) is 103 Å². The standard InChI is InChI=1S/C31H37NO7/c1-4-20-38-28(37-5-2)18-19-32-29(33)24-16-14-23(15-17-24)22-39-27-13-9-12-26(21-27)31(35,30(34)36-3)25-10-7-6-8-11-25/h6-17,21,28,35H,4-5,18-20,22H2,1-3H3,(H,32,33). The fourth-order valence-electron chi connectivity index (χ4n) is 4.01. The average Bonchev–Trinajstić information content (AvgIpc) is 2.98. The van der Waals surface area contributed by atoms with E-state index in [9.17, 15) is 14.7 Å². The van der Waals surface area contributed by atoms with Crippen molar-refractivity contribution in [1.82, 2.24) is 5.32 Å². The average molecular weight is 536 g/mol. The highest BCUT2D eigenvalue weighted by molar-refractivity contribution is 5.94. The molecule has 0 saturated carbocycles. The molecule has 2 atom stereocenters. The van der Waals surface area contributed by atoms with E-state index in [1.807, 2.05) is 26.0 Å². The molecule has 0 radical (unpaired) electrons. The zero-order chi connectivity index (χ0) is 28.1. The van der Waals surface area contributed by atoms with Gasteiger partial charge in [0.05, 0.1) is 7.11 Å². The lowest BCUT2D eigenvalue weighted by atomic mass is 9.86. The van der Waals surface area contributed by atoms with Crippen molar-refractivity contribution in [2.24, 2.45) is 0 Å². The summed E-state index contributed by atoms with van der Waals surface area (Å²) in [6, 6.07) is 22.5. The summed E-state index contributed by atoms with van der Waals surface area (Å²) in [6.07, 6.45) is 1.14. The van der Waals surface area contributed by atoms with Crippen LogP contribution in [-0.2, 0) is 31.2 Å². The highest BCUT2D eigenvalue weighted by atomic mass is 16.7. The maximum Gasteiger partial charge on any atom is 0.347 e. The fourth-order valence-corrected chi connectivity index (χ4v) is 4.01. The third kappa shape index (κ3) is 8.13. The first kappa shape index (κ1) is 29.8. The van der Waals surface area contributed by atoms with Crippen molar-refractivity contribution in [3.8, 4) is 5.75 Å². The van der Waals surface area contributed by atoms with E-state index in [0.29, 0.717) is 48.6 Å². The first-order valence-electron chi connectivity index (χ1n) is 13.1. The second-order valence-electron chi connectivity index (χ2n) is 8.88. The number of aliphatic hydroxyl groups is 1. The van der Waals surface area contributed by atoms with Gasteiger partial charge >= 0.3 is 5.97 Å². The number of esters is 1. The minimum Gasteiger partial charge on any atom is -0.489 e. The predicted octanol–water partition coefficient (Wildman–Crippen LogP) is 4.58. The highest BCUT2D eigenvalue weighted by Gasteiger charge is 2.41. The van der Waals surface area contributed by atoms with E-state index in [1.54, 1.807) is 66.7 Å². The molecule has 3 aromatic carbocycles. The molecule has 0 aliphatic heterocycles. The number of hydrogen-bond acceptors (Lipinski definition) is 7. The van der Waals surface area contributed by atoms with E-state index in [4.69, 9.17) is 18.9 Å². The first-order chi connectivity index (χ1) is 18.9. The summed E-state index contributed by atoms with van der Waals surface area (Å²) >= 11 is 0. The van der Waals surface area contributed by atoms with Crippen molar-refractivity contribution in [2.45, 2.75) is 45.2 Å². The Hall–Kier alpha value is -3.72. The lowest BCUT2D eigenvalue weighted by Gasteiger charge is -2.26. The molecule has 2 N–H and O–H groups in total. The van der Waals surface area contributed by atoms with Crippen molar-refractivity contribution >= 4 is 11.9 Å². The van der Waals surface area contributed by atoms with Crippen molar-refractivity contribution in [1.29, 1.82) is 0 Å². The first-order valence-corrected chi connectivity index (χ1v) is 13.1. The van der Waals surface area contributed by atoms with Gasteiger partial charge in [0.1, 0.15) is 12.4 Å². The normalized spacial score (nSPS) is 13.2. The summed E-state index contributed by atoms with van der Waals surface area (Å²) < 4.78 is 22.0. The van der Waals surface area contributed by atoms with Crippen LogP contribution in [0.25, 0.3) is 0 Å². The molecule has 3 aromatic rings. The van der Waals surface area contributed by atoms with Crippen molar-refractivity contribution in [3.05, 3.63) is 101 Å². The maximum absolute atomic E-state index is 12.6. The monoisotopic (exact) mass is 535 g/mol. The number of amides is 1. The fraction of sp³-hybridized carbons (Fsp3) is 0.355. The summed E-state index contributed by atoms with van der Waals surface area (Å²) in [6.45, 7) is 5.79. The molecule has 0 bridgehead atoms. The molecular weight excluding hydrogens is 498 g/mol. The third-order valence-electron chi connectivity index (χ3n) is 6.07. The Bertz CT molecular complexity index is 1180. The lowest BCUT2D eigenvalue weighted by molar-refractivity contribution is -0.158. The van der Waals surface area contributed by atoms with Gasteiger partial charge < -0.3 is 29.4 Å². The van der Waals surface area contributed by atoms with Gasteiger partial charge in [-0.3, -0.25) is 4.79 Å². The van der Waals surface area contributed by atoms with Crippen LogP contribution in [0.15, 0.2) is 78.9 Å². The van der Waals surface area contributed by atoms with Crippen molar-refractivity contribution in [2.75, 3.05) is 26.9 Å². The van der Waals surface area contributed by atoms with E-state index in [-0.39, 0.29) is 18.8 Å². The van der Waals surface area contributed by atoms with Gasteiger partial charge in [0, 0.05) is 37.3 Å². The van der Waals surface area contributed by atoms with Gasteiger partial charge in [-0.25, -0.2) is 4.79 Å². The van der Waals surface area contributed by atoms with E-state index in [0.717, 1.165) is 12.0 Å².